The first kappa shape index (κ1) is 17.6. The van der Waals surface area contributed by atoms with E-state index in [4.69, 9.17) is 4.74 Å². The second-order valence-electron chi connectivity index (χ2n) is 5.56. The van der Waals surface area contributed by atoms with Crippen molar-refractivity contribution in [3.63, 3.8) is 0 Å². The van der Waals surface area contributed by atoms with E-state index in [9.17, 15) is 9.59 Å². The number of thiophene rings is 1. The van der Waals surface area contributed by atoms with Gasteiger partial charge in [0.1, 0.15) is 4.88 Å². The maximum atomic E-state index is 12.6. The van der Waals surface area contributed by atoms with E-state index >= 15 is 0 Å². The standard InChI is InChI=1S/C17H15Br2NO3S/c1-10(23-17(22)14-8-13(18)15(19)24-14)16(21)20-7-6-11-4-2-3-5-12(11)9-20/h2-5,8,10H,6-7,9H2,1H3/t10-/m1/s1. The number of amides is 1. The highest BCUT2D eigenvalue weighted by molar-refractivity contribution is 9.13. The van der Waals surface area contributed by atoms with Crippen LogP contribution < -0.4 is 0 Å². The minimum atomic E-state index is -0.803. The molecule has 0 radical (unpaired) electrons. The van der Waals surface area contributed by atoms with Crippen LogP contribution in [0.25, 0.3) is 0 Å². The summed E-state index contributed by atoms with van der Waals surface area (Å²) in [6.07, 6.45) is 0.0235. The molecular formula is C17H15Br2NO3S. The summed E-state index contributed by atoms with van der Waals surface area (Å²) < 4.78 is 6.96. The molecule has 0 unspecified atom stereocenters. The van der Waals surface area contributed by atoms with Crippen molar-refractivity contribution in [1.29, 1.82) is 0 Å². The quantitative estimate of drug-likeness (QED) is 0.622. The zero-order chi connectivity index (χ0) is 17.3. The molecule has 7 heteroatoms. The molecule has 2 heterocycles. The first-order chi connectivity index (χ1) is 11.5. The highest BCUT2D eigenvalue weighted by Crippen LogP contribution is 2.33. The van der Waals surface area contributed by atoms with Crippen molar-refractivity contribution in [3.05, 3.63) is 54.6 Å². The molecule has 0 saturated carbocycles. The van der Waals surface area contributed by atoms with E-state index in [2.05, 4.69) is 37.9 Å². The maximum Gasteiger partial charge on any atom is 0.349 e. The average Bonchev–Trinajstić information content (AvgIpc) is 2.93. The highest BCUT2D eigenvalue weighted by atomic mass is 79.9. The number of benzene rings is 1. The van der Waals surface area contributed by atoms with Crippen molar-refractivity contribution < 1.29 is 14.3 Å². The van der Waals surface area contributed by atoms with Crippen molar-refractivity contribution in [1.82, 2.24) is 4.90 Å². The van der Waals surface area contributed by atoms with Gasteiger partial charge in [-0.15, -0.1) is 11.3 Å². The topological polar surface area (TPSA) is 46.6 Å². The fourth-order valence-electron chi connectivity index (χ4n) is 2.66. The number of hydrogen-bond donors (Lipinski definition) is 0. The Labute approximate surface area is 161 Å². The van der Waals surface area contributed by atoms with Crippen LogP contribution in [-0.2, 0) is 22.5 Å². The smallest absolute Gasteiger partial charge is 0.349 e. The summed E-state index contributed by atoms with van der Waals surface area (Å²) in [5.41, 5.74) is 2.43. The van der Waals surface area contributed by atoms with E-state index in [-0.39, 0.29) is 5.91 Å². The fourth-order valence-corrected chi connectivity index (χ4v) is 4.58. The lowest BCUT2D eigenvalue weighted by Gasteiger charge is -2.30. The van der Waals surface area contributed by atoms with Gasteiger partial charge in [-0.3, -0.25) is 4.79 Å². The van der Waals surface area contributed by atoms with Crippen LogP contribution in [0.5, 0.6) is 0 Å². The molecule has 3 rings (SSSR count). The predicted molar refractivity (Wildman–Crippen MR) is 100 cm³/mol. The number of fused-ring (bicyclic) bond motifs is 1. The number of nitrogens with zero attached hydrogens (tertiary/aromatic N) is 1. The zero-order valence-electron chi connectivity index (χ0n) is 12.9. The van der Waals surface area contributed by atoms with Gasteiger partial charge in [0.2, 0.25) is 0 Å². The number of carbonyl (C=O) groups excluding carboxylic acids is 2. The highest BCUT2D eigenvalue weighted by Gasteiger charge is 2.27. The summed E-state index contributed by atoms with van der Waals surface area (Å²) in [5, 5.41) is 0. The Bertz CT molecular complexity index is 770. The van der Waals surface area contributed by atoms with E-state index in [0.29, 0.717) is 18.0 Å². The third-order valence-corrected chi connectivity index (χ3v) is 7.16. The molecule has 1 aromatic carbocycles. The van der Waals surface area contributed by atoms with Crippen molar-refractivity contribution >= 4 is 55.1 Å². The van der Waals surface area contributed by atoms with E-state index in [1.807, 2.05) is 18.2 Å². The summed E-state index contributed by atoms with van der Waals surface area (Å²) in [6, 6.07) is 9.80. The van der Waals surface area contributed by atoms with Gasteiger partial charge in [-0.25, -0.2) is 4.79 Å². The molecule has 0 saturated heterocycles. The lowest BCUT2D eigenvalue weighted by Crippen LogP contribution is -2.42. The number of halogens is 2. The minimum Gasteiger partial charge on any atom is -0.448 e. The van der Waals surface area contributed by atoms with Crippen LogP contribution >= 0.6 is 43.2 Å². The molecule has 4 nitrogen and oxygen atoms in total. The molecule has 0 fully saturated rings. The summed E-state index contributed by atoms with van der Waals surface area (Å²) in [7, 11) is 0. The van der Waals surface area contributed by atoms with Gasteiger partial charge in [0.25, 0.3) is 5.91 Å². The number of esters is 1. The summed E-state index contributed by atoms with van der Waals surface area (Å²) in [5.74, 6) is -0.641. The molecule has 1 atom stereocenters. The third kappa shape index (κ3) is 3.73. The zero-order valence-corrected chi connectivity index (χ0v) is 16.9. The van der Waals surface area contributed by atoms with Crippen LogP contribution in [-0.4, -0.2) is 29.4 Å². The van der Waals surface area contributed by atoms with Crippen LogP contribution in [0.4, 0.5) is 0 Å². The van der Waals surface area contributed by atoms with Gasteiger partial charge >= 0.3 is 5.97 Å². The van der Waals surface area contributed by atoms with Crippen molar-refractivity contribution in [2.45, 2.75) is 26.0 Å². The largest absolute Gasteiger partial charge is 0.448 e. The molecule has 24 heavy (non-hydrogen) atoms. The normalized spacial score (nSPS) is 14.9. The van der Waals surface area contributed by atoms with Gasteiger partial charge in [-0.1, -0.05) is 24.3 Å². The van der Waals surface area contributed by atoms with Gasteiger partial charge in [0.05, 0.1) is 3.79 Å². The lowest BCUT2D eigenvalue weighted by molar-refractivity contribution is -0.140. The van der Waals surface area contributed by atoms with Gasteiger partial charge < -0.3 is 9.64 Å². The number of hydrogen-bond acceptors (Lipinski definition) is 4. The molecule has 0 bridgehead atoms. The average molecular weight is 473 g/mol. The monoisotopic (exact) mass is 471 g/mol. The molecular weight excluding hydrogens is 458 g/mol. The van der Waals surface area contributed by atoms with Crippen LogP contribution in [0.1, 0.15) is 27.7 Å². The molecule has 1 aliphatic rings. The first-order valence-corrected chi connectivity index (χ1v) is 9.87. The van der Waals surface area contributed by atoms with Crippen LogP contribution in [0, 0.1) is 0 Å². The maximum absolute atomic E-state index is 12.6. The van der Waals surface area contributed by atoms with E-state index in [0.717, 1.165) is 20.2 Å². The van der Waals surface area contributed by atoms with Crippen molar-refractivity contribution in [2.75, 3.05) is 6.54 Å². The Kier molecular flexibility index (Phi) is 5.42. The molecule has 1 aromatic heterocycles. The van der Waals surface area contributed by atoms with Gasteiger partial charge in [0.15, 0.2) is 6.10 Å². The fraction of sp³-hybridized carbons (Fsp3) is 0.294. The van der Waals surface area contributed by atoms with E-state index in [1.165, 1.54) is 16.9 Å². The molecule has 2 aromatic rings. The van der Waals surface area contributed by atoms with Crippen LogP contribution in [0.3, 0.4) is 0 Å². The van der Waals surface area contributed by atoms with Crippen molar-refractivity contribution in [2.24, 2.45) is 0 Å². The Morgan fingerprint density at radius 1 is 1.25 bits per heavy atom. The molecule has 1 aliphatic heterocycles. The summed E-state index contributed by atoms with van der Waals surface area (Å²) in [4.78, 5) is 27.0. The van der Waals surface area contributed by atoms with Gasteiger partial charge in [-0.05, 0) is 62.4 Å². The first-order valence-electron chi connectivity index (χ1n) is 7.47. The Balaban J connectivity index is 1.64. The molecule has 0 spiro atoms. The van der Waals surface area contributed by atoms with Crippen molar-refractivity contribution in [3.8, 4) is 0 Å². The van der Waals surface area contributed by atoms with Crippen LogP contribution in [0.2, 0.25) is 0 Å². The number of ether oxygens (including phenoxy) is 1. The number of rotatable bonds is 3. The number of carbonyl (C=O) groups is 2. The SMILES string of the molecule is C[C@@H](OC(=O)c1cc(Br)c(Br)s1)C(=O)N1CCc2ccccc2C1. The Hall–Kier alpha value is -1.18. The van der Waals surface area contributed by atoms with Gasteiger partial charge in [0, 0.05) is 17.6 Å². The van der Waals surface area contributed by atoms with E-state index < -0.39 is 12.1 Å². The molecule has 0 N–H and O–H groups in total. The molecule has 126 valence electrons. The van der Waals surface area contributed by atoms with Gasteiger partial charge in [-0.2, -0.15) is 0 Å². The second kappa shape index (κ2) is 7.37. The second-order valence-corrected chi connectivity index (χ2v) is 8.78. The molecule has 0 aliphatic carbocycles. The van der Waals surface area contributed by atoms with Crippen LogP contribution in [0.15, 0.2) is 38.6 Å². The summed E-state index contributed by atoms with van der Waals surface area (Å²) in [6.45, 7) is 2.83. The molecule has 1 amide bonds. The summed E-state index contributed by atoms with van der Waals surface area (Å²) >= 11 is 7.96. The van der Waals surface area contributed by atoms with E-state index in [1.54, 1.807) is 17.9 Å². The lowest BCUT2D eigenvalue weighted by atomic mass is 9.99. The minimum absolute atomic E-state index is 0.160. The predicted octanol–water partition coefficient (Wildman–Crippen LogP) is 4.40. The third-order valence-electron chi connectivity index (χ3n) is 3.92. The Morgan fingerprint density at radius 3 is 2.62 bits per heavy atom. The Morgan fingerprint density at radius 2 is 1.96 bits per heavy atom.